The van der Waals surface area contributed by atoms with Gasteiger partial charge in [0.15, 0.2) is 5.78 Å². The number of aromatic hydroxyl groups is 1. The van der Waals surface area contributed by atoms with Crippen LogP contribution in [0.4, 0.5) is 0 Å². The molecule has 0 aromatic heterocycles. The lowest BCUT2D eigenvalue weighted by molar-refractivity contribution is 0.103. The molecular weight excluding hydrogens is 348 g/mol. The molecule has 0 fully saturated rings. The van der Waals surface area contributed by atoms with Gasteiger partial charge in [0, 0.05) is 11.6 Å². The number of phenolic OH excluding ortho intramolecular Hbond substituents is 1. The standard InChI is InChI=1S/C25H34O3/c1-3-4-5-6-7-8-9-11-14-20(2)28-22-17-18-23(24(26)19-22)25(27)21-15-12-10-13-16-21/h10,12-13,15-20,26H,3-9,11,14H2,1-2H3. The van der Waals surface area contributed by atoms with Crippen LogP contribution in [0.25, 0.3) is 0 Å². The fraction of sp³-hybridized carbons (Fsp3) is 0.480. The van der Waals surface area contributed by atoms with Crippen molar-refractivity contribution < 1.29 is 14.6 Å². The Morgan fingerprint density at radius 1 is 0.929 bits per heavy atom. The molecule has 0 spiro atoms. The quantitative estimate of drug-likeness (QED) is 0.302. The van der Waals surface area contributed by atoms with Crippen LogP contribution in [0.3, 0.4) is 0 Å². The first-order valence-corrected chi connectivity index (χ1v) is 10.7. The van der Waals surface area contributed by atoms with E-state index in [1.165, 1.54) is 44.9 Å². The molecule has 1 atom stereocenters. The number of carbonyl (C=O) groups is 1. The van der Waals surface area contributed by atoms with Crippen LogP contribution in [0.1, 0.15) is 87.6 Å². The Morgan fingerprint density at radius 3 is 2.21 bits per heavy atom. The Bertz CT molecular complexity index is 709. The lowest BCUT2D eigenvalue weighted by Crippen LogP contribution is -2.11. The van der Waals surface area contributed by atoms with Crippen molar-refractivity contribution >= 4 is 5.78 Å². The summed E-state index contributed by atoms with van der Waals surface area (Å²) in [5, 5.41) is 10.3. The van der Waals surface area contributed by atoms with E-state index >= 15 is 0 Å². The van der Waals surface area contributed by atoms with Gasteiger partial charge in [-0.15, -0.1) is 0 Å². The Morgan fingerprint density at radius 2 is 1.57 bits per heavy atom. The summed E-state index contributed by atoms with van der Waals surface area (Å²) in [6, 6.07) is 13.9. The highest BCUT2D eigenvalue weighted by atomic mass is 16.5. The van der Waals surface area contributed by atoms with Crippen LogP contribution in [0.2, 0.25) is 0 Å². The van der Waals surface area contributed by atoms with Gasteiger partial charge >= 0.3 is 0 Å². The van der Waals surface area contributed by atoms with Crippen molar-refractivity contribution in [2.24, 2.45) is 0 Å². The minimum atomic E-state index is -0.184. The molecule has 2 aromatic carbocycles. The number of phenols is 1. The fourth-order valence-corrected chi connectivity index (χ4v) is 3.38. The average Bonchev–Trinajstić information content (AvgIpc) is 2.70. The van der Waals surface area contributed by atoms with Crippen LogP contribution < -0.4 is 4.74 Å². The van der Waals surface area contributed by atoms with Crippen LogP contribution in [-0.4, -0.2) is 17.0 Å². The van der Waals surface area contributed by atoms with E-state index < -0.39 is 0 Å². The van der Waals surface area contributed by atoms with E-state index in [-0.39, 0.29) is 17.6 Å². The third-order valence-electron chi connectivity index (χ3n) is 5.05. The van der Waals surface area contributed by atoms with Gasteiger partial charge < -0.3 is 9.84 Å². The molecule has 0 radical (unpaired) electrons. The number of carbonyl (C=O) groups excluding carboxylic acids is 1. The van der Waals surface area contributed by atoms with Crippen LogP contribution >= 0.6 is 0 Å². The number of rotatable bonds is 13. The predicted molar refractivity (Wildman–Crippen MR) is 115 cm³/mol. The topological polar surface area (TPSA) is 46.5 Å². The summed E-state index contributed by atoms with van der Waals surface area (Å²) in [5.41, 5.74) is 0.865. The van der Waals surface area contributed by atoms with Crippen molar-refractivity contribution in [1.29, 1.82) is 0 Å². The second kappa shape index (κ2) is 12.2. The van der Waals surface area contributed by atoms with Crippen molar-refractivity contribution in [1.82, 2.24) is 0 Å². The molecule has 1 N–H and O–H groups in total. The number of ketones is 1. The summed E-state index contributed by atoms with van der Waals surface area (Å²) < 4.78 is 5.92. The number of ether oxygens (including phenoxy) is 1. The highest BCUT2D eigenvalue weighted by Gasteiger charge is 2.14. The van der Waals surface area contributed by atoms with Gasteiger partial charge in [-0.2, -0.15) is 0 Å². The van der Waals surface area contributed by atoms with Gasteiger partial charge in [0.25, 0.3) is 0 Å². The van der Waals surface area contributed by atoms with Crippen molar-refractivity contribution in [3.63, 3.8) is 0 Å². The second-order valence-corrected chi connectivity index (χ2v) is 7.57. The number of unbranched alkanes of at least 4 members (excludes halogenated alkanes) is 7. The normalized spacial score (nSPS) is 11.9. The highest BCUT2D eigenvalue weighted by molar-refractivity contribution is 6.10. The molecule has 0 heterocycles. The van der Waals surface area contributed by atoms with Crippen molar-refractivity contribution in [2.75, 3.05) is 0 Å². The molecule has 1 unspecified atom stereocenters. The van der Waals surface area contributed by atoms with Gasteiger partial charge in [-0.1, -0.05) is 82.2 Å². The van der Waals surface area contributed by atoms with E-state index in [2.05, 4.69) is 13.8 Å². The molecule has 0 saturated heterocycles. The fourth-order valence-electron chi connectivity index (χ4n) is 3.38. The first kappa shape index (κ1) is 22.0. The molecule has 2 aromatic rings. The maximum atomic E-state index is 12.5. The van der Waals surface area contributed by atoms with E-state index in [4.69, 9.17) is 4.74 Å². The Kier molecular flexibility index (Phi) is 9.61. The number of benzene rings is 2. The molecule has 0 aliphatic rings. The number of hydrogen-bond acceptors (Lipinski definition) is 3. The first-order chi connectivity index (χ1) is 13.6. The van der Waals surface area contributed by atoms with Crippen molar-refractivity contribution in [3.05, 3.63) is 59.7 Å². The molecule has 2 rings (SSSR count). The lowest BCUT2D eigenvalue weighted by Gasteiger charge is -2.15. The largest absolute Gasteiger partial charge is 0.507 e. The zero-order valence-corrected chi connectivity index (χ0v) is 17.3. The smallest absolute Gasteiger partial charge is 0.196 e. The predicted octanol–water partition coefficient (Wildman–Crippen LogP) is 6.92. The summed E-state index contributed by atoms with van der Waals surface area (Å²) in [4.78, 5) is 12.5. The monoisotopic (exact) mass is 382 g/mol. The highest BCUT2D eigenvalue weighted by Crippen LogP contribution is 2.27. The molecular formula is C25H34O3. The van der Waals surface area contributed by atoms with Gasteiger partial charge in [0.05, 0.1) is 11.7 Å². The van der Waals surface area contributed by atoms with E-state index in [0.29, 0.717) is 16.9 Å². The van der Waals surface area contributed by atoms with E-state index in [1.54, 1.807) is 30.3 Å². The van der Waals surface area contributed by atoms with Crippen molar-refractivity contribution in [3.8, 4) is 11.5 Å². The maximum Gasteiger partial charge on any atom is 0.196 e. The third-order valence-corrected chi connectivity index (χ3v) is 5.05. The van der Waals surface area contributed by atoms with E-state index in [0.717, 1.165) is 12.8 Å². The molecule has 0 saturated carbocycles. The molecule has 0 amide bonds. The molecule has 3 nitrogen and oxygen atoms in total. The van der Waals surface area contributed by atoms with Crippen LogP contribution in [0.5, 0.6) is 11.5 Å². The third kappa shape index (κ3) is 7.38. The molecule has 0 bridgehead atoms. The summed E-state index contributed by atoms with van der Waals surface area (Å²) in [6.45, 7) is 4.30. The summed E-state index contributed by atoms with van der Waals surface area (Å²) in [5.74, 6) is 0.386. The minimum Gasteiger partial charge on any atom is -0.507 e. The molecule has 0 aliphatic carbocycles. The van der Waals surface area contributed by atoms with Gasteiger partial charge in [0.2, 0.25) is 0 Å². The summed E-state index contributed by atoms with van der Waals surface area (Å²) in [6.07, 6.45) is 11.5. The van der Waals surface area contributed by atoms with E-state index in [1.807, 2.05) is 18.2 Å². The maximum absolute atomic E-state index is 12.5. The molecule has 3 heteroatoms. The van der Waals surface area contributed by atoms with Gasteiger partial charge in [0.1, 0.15) is 11.5 Å². The van der Waals surface area contributed by atoms with Crippen molar-refractivity contribution in [2.45, 2.75) is 77.7 Å². The second-order valence-electron chi connectivity index (χ2n) is 7.57. The molecule has 28 heavy (non-hydrogen) atoms. The SMILES string of the molecule is CCCCCCCCCCC(C)Oc1ccc(C(=O)c2ccccc2)c(O)c1. The number of hydrogen-bond donors (Lipinski definition) is 1. The van der Waals surface area contributed by atoms with Gasteiger partial charge in [-0.05, 0) is 31.9 Å². The first-order valence-electron chi connectivity index (χ1n) is 10.7. The Hall–Kier alpha value is -2.29. The zero-order chi connectivity index (χ0) is 20.2. The molecule has 0 aliphatic heterocycles. The van der Waals surface area contributed by atoms with Gasteiger partial charge in [-0.25, -0.2) is 0 Å². The minimum absolute atomic E-state index is 0.0365. The zero-order valence-electron chi connectivity index (χ0n) is 17.3. The summed E-state index contributed by atoms with van der Waals surface area (Å²) in [7, 11) is 0. The lowest BCUT2D eigenvalue weighted by atomic mass is 10.0. The molecule has 152 valence electrons. The summed E-state index contributed by atoms with van der Waals surface area (Å²) >= 11 is 0. The van der Waals surface area contributed by atoms with Crippen LogP contribution in [-0.2, 0) is 0 Å². The van der Waals surface area contributed by atoms with Crippen LogP contribution in [0, 0.1) is 0 Å². The van der Waals surface area contributed by atoms with Gasteiger partial charge in [-0.3, -0.25) is 4.79 Å². The Balaban J connectivity index is 1.75. The Labute approximate surface area is 169 Å². The average molecular weight is 383 g/mol. The van der Waals surface area contributed by atoms with Crippen LogP contribution in [0.15, 0.2) is 48.5 Å². The van der Waals surface area contributed by atoms with E-state index in [9.17, 15) is 9.90 Å².